The Morgan fingerprint density at radius 2 is 2.06 bits per heavy atom. The summed E-state index contributed by atoms with van der Waals surface area (Å²) in [4.78, 5) is 0.365. The molecule has 1 aliphatic rings. The van der Waals surface area contributed by atoms with Crippen LogP contribution < -0.4 is 4.74 Å². The van der Waals surface area contributed by atoms with Crippen molar-refractivity contribution in [2.75, 3.05) is 13.7 Å². The number of alkyl halides is 1. The second-order valence-corrected chi connectivity index (χ2v) is 6.13. The van der Waals surface area contributed by atoms with Gasteiger partial charge in [0.05, 0.1) is 13.2 Å². The first-order chi connectivity index (χ1) is 8.61. The van der Waals surface area contributed by atoms with E-state index >= 15 is 0 Å². The summed E-state index contributed by atoms with van der Waals surface area (Å²) >= 11 is 3.79. The van der Waals surface area contributed by atoms with E-state index in [1.807, 2.05) is 0 Å². The number of methoxy groups -OCH3 is 1. The van der Waals surface area contributed by atoms with Gasteiger partial charge >= 0.3 is 0 Å². The fraction of sp³-hybridized carbons (Fsp3) is 0.600. The highest BCUT2D eigenvalue weighted by Crippen LogP contribution is 2.35. The fourth-order valence-corrected chi connectivity index (χ4v) is 3.36. The minimum atomic E-state index is 0.365. The predicted molar refractivity (Wildman–Crippen MR) is 77.7 cm³/mol. The van der Waals surface area contributed by atoms with Gasteiger partial charge in [0.2, 0.25) is 0 Å². The van der Waals surface area contributed by atoms with Crippen LogP contribution in [0, 0.1) is 13.8 Å². The molecule has 1 heterocycles. The Labute approximate surface area is 118 Å². The topological polar surface area (TPSA) is 18.5 Å². The molecule has 2 atom stereocenters. The first-order valence-electron chi connectivity index (χ1n) is 6.52. The van der Waals surface area contributed by atoms with E-state index in [-0.39, 0.29) is 0 Å². The van der Waals surface area contributed by atoms with E-state index < -0.39 is 0 Å². The van der Waals surface area contributed by atoms with Gasteiger partial charge in [-0.15, -0.1) is 0 Å². The zero-order valence-corrected chi connectivity index (χ0v) is 12.9. The lowest BCUT2D eigenvalue weighted by molar-refractivity contribution is 0.104. The van der Waals surface area contributed by atoms with Crippen LogP contribution >= 0.6 is 15.9 Å². The molecule has 1 aromatic carbocycles. The van der Waals surface area contributed by atoms with E-state index in [0.717, 1.165) is 18.8 Å². The molecule has 0 amide bonds. The Morgan fingerprint density at radius 3 is 2.56 bits per heavy atom. The standard InChI is InChI=1S/C15H21BrO2/c1-10-7-12(8-11(2)15(10)17-3)14(16)9-13-5-4-6-18-13/h7-8,13-14H,4-6,9H2,1-3H3. The highest BCUT2D eigenvalue weighted by Gasteiger charge is 2.21. The molecule has 1 fully saturated rings. The van der Waals surface area contributed by atoms with Gasteiger partial charge in [-0.2, -0.15) is 0 Å². The fourth-order valence-electron chi connectivity index (χ4n) is 2.68. The van der Waals surface area contributed by atoms with Crippen molar-refractivity contribution in [3.63, 3.8) is 0 Å². The smallest absolute Gasteiger partial charge is 0.124 e. The lowest BCUT2D eigenvalue weighted by Gasteiger charge is -2.18. The van der Waals surface area contributed by atoms with Crippen LogP contribution in [0.15, 0.2) is 12.1 Å². The van der Waals surface area contributed by atoms with E-state index in [1.54, 1.807) is 7.11 Å². The Hall–Kier alpha value is -0.540. The molecule has 3 heteroatoms. The molecule has 2 unspecified atom stereocenters. The Morgan fingerprint density at radius 1 is 1.39 bits per heavy atom. The van der Waals surface area contributed by atoms with Crippen molar-refractivity contribution in [1.82, 2.24) is 0 Å². The molecule has 0 radical (unpaired) electrons. The number of hydrogen-bond acceptors (Lipinski definition) is 2. The van der Waals surface area contributed by atoms with Gasteiger partial charge in [-0.05, 0) is 49.8 Å². The third-order valence-electron chi connectivity index (χ3n) is 3.54. The van der Waals surface area contributed by atoms with Crippen molar-refractivity contribution >= 4 is 15.9 Å². The first kappa shape index (κ1) is 13.9. The number of aryl methyl sites for hydroxylation is 2. The van der Waals surface area contributed by atoms with Crippen LogP contribution in [0.2, 0.25) is 0 Å². The van der Waals surface area contributed by atoms with Crippen molar-refractivity contribution in [3.8, 4) is 5.75 Å². The lowest BCUT2D eigenvalue weighted by atomic mass is 10.00. The van der Waals surface area contributed by atoms with Crippen molar-refractivity contribution in [2.24, 2.45) is 0 Å². The van der Waals surface area contributed by atoms with E-state index in [1.165, 1.54) is 29.5 Å². The minimum Gasteiger partial charge on any atom is -0.496 e. The number of benzene rings is 1. The zero-order chi connectivity index (χ0) is 13.1. The SMILES string of the molecule is COc1c(C)cc(C(Br)CC2CCCO2)cc1C. The van der Waals surface area contributed by atoms with Gasteiger partial charge in [-0.1, -0.05) is 28.1 Å². The molecule has 2 nitrogen and oxygen atoms in total. The molecule has 0 saturated carbocycles. The third-order valence-corrected chi connectivity index (χ3v) is 4.44. The van der Waals surface area contributed by atoms with Crippen LogP contribution in [-0.2, 0) is 4.74 Å². The quantitative estimate of drug-likeness (QED) is 0.771. The van der Waals surface area contributed by atoms with Crippen molar-refractivity contribution in [1.29, 1.82) is 0 Å². The summed E-state index contributed by atoms with van der Waals surface area (Å²) in [6.07, 6.45) is 3.85. The van der Waals surface area contributed by atoms with Crippen LogP contribution in [0.5, 0.6) is 5.75 Å². The third kappa shape index (κ3) is 3.07. The molecule has 1 saturated heterocycles. The van der Waals surface area contributed by atoms with Gasteiger partial charge in [0, 0.05) is 11.4 Å². The Kier molecular flexibility index (Phi) is 4.68. The minimum absolute atomic E-state index is 0.365. The largest absolute Gasteiger partial charge is 0.496 e. The molecule has 0 aliphatic carbocycles. The highest BCUT2D eigenvalue weighted by atomic mass is 79.9. The molecule has 0 spiro atoms. The maximum absolute atomic E-state index is 5.70. The Balaban J connectivity index is 2.12. The molecular formula is C15H21BrO2. The summed E-state index contributed by atoms with van der Waals surface area (Å²) in [5.74, 6) is 0.996. The number of halogens is 1. The van der Waals surface area contributed by atoms with Gasteiger partial charge in [-0.25, -0.2) is 0 Å². The summed E-state index contributed by atoms with van der Waals surface area (Å²) in [7, 11) is 1.73. The second kappa shape index (κ2) is 6.07. The van der Waals surface area contributed by atoms with Crippen LogP contribution in [0.4, 0.5) is 0 Å². The van der Waals surface area contributed by atoms with Crippen molar-refractivity contribution < 1.29 is 9.47 Å². The van der Waals surface area contributed by atoms with Crippen molar-refractivity contribution in [2.45, 2.75) is 44.0 Å². The van der Waals surface area contributed by atoms with Crippen molar-refractivity contribution in [3.05, 3.63) is 28.8 Å². The molecule has 18 heavy (non-hydrogen) atoms. The first-order valence-corrected chi connectivity index (χ1v) is 7.44. The maximum atomic E-state index is 5.70. The normalized spacial score (nSPS) is 21.0. The highest BCUT2D eigenvalue weighted by molar-refractivity contribution is 9.09. The lowest BCUT2D eigenvalue weighted by Crippen LogP contribution is -2.08. The molecule has 0 N–H and O–H groups in total. The average molecular weight is 313 g/mol. The number of ether oxygens (including phenoxy) is 2. The van der Waals surface area contributed by atoms with Crippen LogP contribution in [-0.4, -0.2) is 19.8 Å². The summed E-state index contributed by atoms with van der Waals surface area (Å²) in [5, 5.41) is 0. The molecule has 100 valence electrons. The zero-order valence-electron chi connectivity index (χ0n) is 11.3. The molecular weight excluding hydrogens is 292 g/mol. The monoisotopic (exact) mass is 312 g/mol. The molecule has 0 bridgehead atoms. The summed E-state index contributed by atoms with van der Waals surface area (Å²) in [5.41, 5.74) is 3.72. The maximum Gasteiger partial charge on any atom is 0.124 e. The van der Waals surface area contributed by atoms with E-state index in [9.17, 15) is 0 Å². The summed E-state index contributed by atoms with van der Waals surface area (Å²) in [6.45, 7) is 5.12. The molecule has 2 rings (SSSR count). The molecule has 1 aromatic rings. The predicted octanol–water partition coefficient (Wildman–Crippen LogP) is 4.32. The molecule has 1 aliphatic heterocycles. The van der Waals surface area contributed by atoms with E-state index in [4.69, 9.17) is 9.47 Å². The number of hydrogen-bond donors (Lipinski definition) is 0. The van der Waals surface area contributed by atoms with Crippen LogP contribution in [0.25, 0.3) is 0 Å². The van der Waals surface area contributed by atoms with Gasteiger partial charge < -0.3 is 9.47 Å². The van der Waals surface area contributed by atoms with Gasteiger partial charge in [-0.3, -0.25) is 0 Å². The van der Waals surface area contributed by atoms with Gasteiger partial charge in [0.1, 0.15) is 5.75 Å². The summed E-state index contributed by atoms with van der Waals surface area (Å²) < 4.78 is 11.1. The van der Waals surface area contributed by atoms with Crippen LogP contribution in [0.3, 0.4) is 0 Å². The van der Waals surface area contributed by atoms with E-state index in [2.05, 4.69) is 41.9 Å². The molecule has 0 aromatic heterocycles. The van der Waals surface area contributed by atoms with Gasteiger partial charge in [0.15, 0.2) is 0 Å². The van der Waals surface area contributed by atoms with Gasteiger partial charge in [0.25, 0.3) is 0 Å². The van der Waals surface area contributed by atoms with E-state index in [0.29, 0.717) is 10.9 Å². The summed E-state index contributed by atoms with van der Waals surface area (Å²) in [6, 6.07) is 4.42. The van der Waals surface area contributed by atoms with Crippen LogP contribution in [0.1, 0.15) is 40.8 Å². The second-order valence-electron chi connectivity index (χ2n) is 5.03. The Bertz CT molecular complexity index is 388. The number of rotatable bonds is 4. The average Bonchev–Trinajstić information content (AvgIpc) is 2.81.